The normalized spacial score (nSPS) is 12.7. The van der Waals surface area contributed by atoms with E-state index in [1.165, 1.54) is 18.7 Å². The summed E-state index contributed by atoms with van der Waals surface area (Å²) in [7, 11) is 1.40. The molecule has 3 aromatic carbocycles. The fraction of sp³-hybridized carbons (Fsp3) is 0.417. The molecule has 0 aromatic heterocycles. The summed E-state index contributed by atoms with van der Waals surface area (Å²) in [6.45, 7) is 15.0. The molecule has 45 heavy (non-hydrogen) atoms. The van der Waals surface area contributed by atoms with E-state index in [2.05, 4.69) is 64.3 Å². The Hall–Kier alpha value is -3.55. The number of ether oxygens (including phenoxy) is 2. The van der Waals surface area contributed by atoms with E-state index >= 15 is 0 Å². The third-order valence-electron chi connectivity index (χ3n) is 8.50. The van der Waals surface area contributed by atoms with Gasteiger partial charge in [-0.3, -0.25) is 14.4 Å². The minimum atomic E-state index is -2.43. The monoisotopic (exact) mass is 654 g/mol. The molecule has 0 heterocycles. The van der Waals surface area contributed by atoms with Crippen LogP contribution < -0.4 is 20.1 Å². The minimum Gasteiger partial charge on any atom is -0.496 e. The van der Waals surface area contributed by atoms with Crippen molar-refractivity contribution in [3.63, 3.8) is 0 Å². The van der Waals surface area contributed by atoms with Gasteiger partial charge in [-0.05, 0) is 72.1 Å². The molecular weight excluding hydrogens is 611 g/mol. The number of benzene rings is 3. The number of carbonyl (C=O) groups is 3. The quantitative estimate of drug-likeness (QED) is 0.103. The maximum Gasteiger partial charge on any atom is 0.269 e. The molecule has 242 valence electrons. The Morgan fingerprint density at radius 1 is 0.778 bits per heavy atom. The van der Waals surface area contributed by atoms with Crippen molar-refractivity contribution < 1.29 is 23.9 Å². The number of carbonyl (C=O) groups excluding carboxylic acids is 3. The van der Waals surface area contributed by atoms with Gasteiger partial charge in [-0.1, -0.05) is 102 Å². The fourth-order valence-corrected chi connectivity index (χ4v) is 4.96. The second-order valence-corrected chi connectivity index (χ2v) is 13.7. The van der Waals surface area contributed by atoms with Crippen molar-refractivity contribution in [1.29, 1.82) is 0 Å². The van der Waals surface area contributed by atoms with E-state index in [0.717, 1.165) is 18.4 Å². The van der Waals surface area contributed by atoms with Crippen LogP contribution in [0, 0.1) is 0 Å². The van der Waals surface area contributed by atoms with E-state index in [0.29, 0.717) is 17.9 Å². The van der Waals surface area contributed by atoms with E-state index in [1.807, 2.05) is 13.0 Å². The summed E-state index contributed by atoms with van der Waals surface area (Å²) in [6, 6.07) is 19.1. The Morgan fingerprint density at radius 3 is 2.00 bits per heavy atom. The van der Waals surface area contributed by atoms with E-state index in [4.69, 9.17) is 32.7 Å². The molecule has 3 rings (SSSR count). The number of amides is 2. The van der Waals surface area contributed by atoms with Crippen LogP contribution in [0.1, 0.15) is 89.2 Å². The molecule has 0 saturated heterocycles. The van der Waals surface area contributed by atoms with Crippen molar-refractivity contribution in [2.45, 2.75) is 89.0 Å². The molecule has 0 aliphatic carbocycles. The van der Waals surface area contributed by atoms with Gasteiger partial charge in [0.1, 0.15) is 11.5 Å². The molecule has 0 saturated carbocycles. The largest absolute Gasteiger partial charge is 0.496 e. The lowest BCUT2D eigenvalue weighted by molar-refractivity contribution is -0.123. The van der Waals surface area contributed by atoms with E-state index < -0.39 is 22.1 Å². The zero-order valence-corrected chi connectivity index (χ0v) is 28.9. The smallest absolute Gasteiger partial charge is 0.269 e. The Morgan fingerprint density at radius 2 is 1.40 bits per heavy atom. The molecule has 0 radical (unpaired) electrons. The van der Waals surface area contributed by atoms with Crippen LogP contribution in [0.25, 0.3) is 0 Å². The van der Waals surface area contributed by atoms with Crippen LogP contribution in [0.2, 0.25) is 0 Å². The number of halogens is 2. The van der Waals surface area contributed by atoms with Gasteiger partial charge in [-0.2, -0.15) is 0 Å². The van der Waals surface area contributed by atoms with Crippen molar-refractivity contribution >= 4 is 52.2 Å². The van der Waals surface area contributed by atoms with Crippen molar-refractivity contribution in [1.82, 2.24) is 0 Å². The summed E-state index contributed by atoms with van der Waals surface area (Å²) in [5, 5.41) is 5.45. The van der Waals surface area contributed by atoms with Gasteiger partial charge in [0.2, 0.25) is 5.78 Å². The van der Waals surface area contributed by atoms with Gasteiger partial charge >= 0.3 is 0 Å². The maximum absolute atomic E-state index is 13.4. The molecular formula is C36H44Cl2N2O5. The second-order valence-electron chi connectivity index (χ2n) is 12.3. The van der Waals surface area contributed by atoms with Crippen molar-refractivity contribution in [3.8, 4) is 11.5 Å². The predicted molar refractivity (Wildman–Crippen MR) is 183 cm³/mol. The Labute approximate surface area is 277 Å². The summed E-state index contributed by atoms with van der Waals surface area (Å²) in [4.78, 5) is 39.5. The average Bonchev–Trinajstić information content (AvgIpc) is 3.03. The van der Waals surface area contributed by atoms with Gasteiger partial charge in [0.15, 0.2) is 6.10 Å². The lowest BCUT2D eigenvalue weighted by Crippen LogP contribution is -2.40. The van der Waals surface area contributed by atoms with E-state index in [9.17, 15) is 14.4 Å². The first kappa shape index (κ1) is 35.9. The summed E-state index contributed by atoms with van der Waals surface area (Å²) < 4.78 is 9.16. The number of para-hydroxylation sites is 1. The minimum absolute atomic E-state index is 0.00730. The molecule has 3 aromatic rings. The first-order valence-electron chi connectivity index (χ1n) is 15.2. The zero-order chi connectivity index (χ0) is 33.6. The number of methoxy groups -OCH3 is 1. The number of rotatable bonds is 14. The van der Waals surface area contributed by atoms with Crippen LogP contribution in [0.5, 0.6) is 11.5 Å². The molecule has 7 nitrogen and oxygen atoms in total. The van der Waals surface area contributed by atoms with Crippen LogP contribution in [0.4, 0.5) is 11.4 Å². The molecule has 9 heteroatoms. The first-order chi connectivity index (χ1) is 21.1. The number of anilines is 2. The highest BCUT2D eigenvalue weighted by Crippen LogP contribution is 2.39. The molecule has 0 aliphatic heterocycles. The number of alkyl halides is 2. The third-order valence-corrected chi connectivity index (χ3v) is 9.19. The van der Waals surface area contributed by atoms with Crippen molar-refractivity contribution in [2.24, 2.45) is 0 Å². The lowest BCUT2D eigenvalue weighted by Gasteiger charge is -2.31. The van der Waals surface area contributed by atoms with Crippen LogP contribution in [-0.4, -0.2) is 35.1 Å². The standard InChI is InChI=1S/C36H44Cl2N2O5/c1-9-28(45-30-20-19-23(34(4,5)10-2)21-27(30)35(6,7)11-3)32(42)39-24-15-14-16-25(22-24)40-33(43)36(37,38)31(41)26-17-12-13-18-29(26)44-8/h12-22,28H,9-11H2,1-8H3,(H,39,42)(H,40,43). The number of Topliss-reactive ketones (excluding diaryl/α,β-unsaturated/α-hetero) is 1. The zero-order valence-electron chi connectivity index (χ0n) is 27.3. The van der Waals surface area contributed by atoms with Gasteiger partial charge < -0.3 is 20.1 Å². The van der Waals surface area contributed by atoms with Crippen LogP contribution in [-0.2, 0) is 20.4 Å². The van der Waals surface area contributed by atoms with E-state index in [1.54, 1.807) is 42.5 Å². The fourth-order valence-electron chi connectivity index (χ4n) is 4.66. The summed E-state index contributed by atoms with van der Waals surface area (Å²) in [6.07, 6.45) is 1.56. The number of nitrogens with one attached hydrogen (secondary N) is 2. The van der Waals surface area contributed by atoms with Gasteiger partial charge in [-0.15, -0.1) is 0 Å². The first-order valence-corrected chi connectivity index (χ1v) is 16.0. The van der Waals surface area contributed by atoms with Gasteiger partial charge in [0.05, 0.1) is 12.7 Å². The molecule has 0 aliphatic rings. The molecule has 1 atom stereocenters. The van der Waals surface area contributed by atoms with Gasteiger partial charge in [-0.25, -0.2) is 0 Å². The summed E-state index contributed by atoms with van der Waals surface area (Å²) >= 11 is 12.5. The SMILES string of the molecule is CCC(Oc1ccc(C(C)(C)CC)cc1C(C)(C)CC)C(=O)Nc1cccc(NC(=O)C(Cl)(Cl)C(=O)c2ccccc2OC)c1. The topological polar surface area (TPSA) is 93.7 Å². The molecule has 2 N–H and O–H groups in total. The maximum atomic E-state index is 13.4. The summed E-state index contributed by atoms with van der Waals surface area (Å²) in [5.74, 6) is -1.19. The number of ketones is 1. The molecule has 0 spiro atoms. The number of hydrogen-bond acceptors (Lipinski definition) is 5. The van der Waals surface area contributed by atoms with Gasteiger partial charge in [0.25, 0.3) is 16.1 Å². The van der Waals surface area contributed by atoms with Crippen LogP contribution in [0.3, 0.4) is 0 Å². The highest BCUT2D eigenvalue weighted by atomic mass is 35.5. The molecule has 0 fully saturated rings. The van der Waals surface area contributed by atoms with Crippen molar-refractivity contribution in [3.05, 3.63) is 83.4 Å². The molecule has 1 unspecified atom stereocenters. The Bertz CT molecular complexity index is 1530. The molecule has 0 bridgehead atoms. The average molecular weight is 656 g/mol. The highest BCUT2D eigenvalue weighted by Gasteiger charge is 2.44. The Kier molecular flexibility index (Phi) is 11.7. The second kappa shape index (κ2) is 14.7. The lowest BCUT2D eigenvalue weighted by atomic mass is 9.76. The molecule has 2 amide bonds. The van der Waals surface area contributed by atoms with Crippen LogP contribution in [0.15, 0.2) is 66.7 Å². The third kappa shape index (κ3) is 8.39. The summed E-state index contributed by atoms with van der Waals surface area (Å²) in [5.41, 5.74) is 2.91. The van der Waals surface area contributed by atoms with E-state index in [-0.39, 0.29) is 33.7 Å². The highest BCUT2D eigenvalue weighted by molar-refractivity contribution is 6.70. The van der Waals surface area contributed by atoms with Crippen molar-refractivity contribution in [2.75, 3.05) is 17.7 Å². The number of hydrogen-bond donors (Lipinski definition) is 2. The predicted octanol–water partition coefficient (Wildman–Crippen LogP) is 8.86. The van der Waals surface area contributed by atoms with Gasteiger partial charge in [0, 0.05) is 16.9 Å². The van der Waals surface area contributed by atoms with Crippen LogP contribution >= 0.6 is 23.2 Å². The Balaban J connectivity index is 1.79.